The molecule has 2 rings (SSSR count). The van der Waals surface area contributed by atoms with Gasteiger partial charge in [0.1, 0.15) is 5.60 Å². The van der Waals surface area contributed by atoms with Gasteiger partial charge in [-0.05, 0) is 85.4 Å². The monoisotopic (exact) mass is 409 g/mol. The summed E-state index contributed by atoms with van der Waals surface area (Å²) in [6.07, 6.45) is 4.49. The highest BCUT2D eigenvalue weighted by Crippen LogP contribution is 2.20. The Kier molecular flexibility index (Phi) is 9.05. The van der Waals surface area contributed by atoms with Crippen LogP contribution in [-0.2, 0) is 4.74 Å². The van der Waals surface area contributed by atoms with Crippen molar-refractivity contribution in [3.63, 3.8) is 0 Å². The van der Waals surface area contributed by atoms with E-state index < -0.39 is 5.60 Å². The van der Waals surface area contributed by atoms with Gasteiger partial charge in [0.2, 0.25) is 0 Å². The van der Waals surface area contributed by atoms with Gasteiger partial charge in [0, 0.05) is 39.8 Å². The molecule has 0 unspecified atom stereocenters. The molecule has 1 amide bonds. The summed E-state index contributed by atoms with van der Waals surface area (Å²) < 4.78 is 5.55. The number of hydrogen-bond donors (Lipinski definition) is 1. The van der Waals surface area contributed by atoms with Crippen LogP contribution in [0, 0.1) is 11.8 Å². The molecule has 2 aliphatic rings. The molecule has 2 heterocycles. The van der Waals surface area contributed by atoms with E-state index in [1.54, 1.807) is 0 Å². The molecular weight excluding hydrogens is 366 g/mol. The average Bonchev–Trinajstić information content (AvgIpc) is 2.67. The summed E-state index contributed by atoms with van der Waals surface area (Å²) in [5.74, 6) is 2.29. The molecule has 0 bridgehead atoms. The van der Waals surface area contributed by atoms with Crippen LogP contribution in [0.5, 0.6) is 0 Å². The van der Waals surface area contributed by atoms with E-state index in [2.05, 4.69) is 27.2 Å². The Morgan fingerprint density at radius 3 is 2.21 bits per heavy atom. The number of likely N-dealkylation sites (tertiary alicyclic amines) is 2. The number of ether oxygens (including phenoxy) is 1. The van der Waals surface area contributed by atoms with Gasteiger partial charge in [-0.1, -0.05) is 0 Å². The van der Waals surface area contributed by atoms with Gasteiger partial charge in [-0.2, -0.15) is 0 Å². The topological polar surface area (TPSA) is 60.4 Å². The number of rotatable bonds is 5. The van der Waals surface area contributed by atoms with Gasteiger partial charge in [0.25, 0.3) is 0 Å². The Morgan fingerprint density at radius 1 is 1.10 bits per heavy atom. The molecule has 0 atom stereocenters. The predicted molar refractivity (Wildman–Crippen MR) is 119 cm³/mol. The predicted octanol–water partition coefficient (Wildman–Crippen LogP) is 2.87. The van der Waals surface area contributed by atoms with Crippen LogP contribution >= 0.6 is 0 Å². The van der Waals surface area contributed by atoms with Crippen LogP contribution in [0.3, 0.4) is 0 Å². The van der Waals surface area contributed by atoms with Crippen molar-refractivity contribution < 1.29 is 9.53 Å². The van der Waals surface area contributed by atoms with Gasteiger partial charge in [0.15, 0.2) is 5.96 Å². The van der Waals surface area contributed by atoms with Gasteiger partial charge < -0.3 is 24.8 Å². The van der Waals surface area contributed by atoms with E-state index in [4.69, 9.17) is 4.74 Å². The fourth-order valence-corrected chi connectivity index (χ4v) is 4.13. The minimum absolute atomic E-state index is 0.196. The molecule has 0 saturated carbocycles. The maximum Gasteiger partial charge on any atom is 0.410 e. The first-order valence-corrected chi connectivity index (χ1v) is 11.3. The lowest BCUT2D eigenvalue weighted by Crippen LogP contribution is -2.49. The van der Waals surface area contributed by atoms with E-state index in [1.165, 1.54) is 25.9 Å². The lowest BCUT2D eigenvalue weighted by Gasteiger charge is -2.37. The molecule has 29 heavy (non-hydrogen) atoms. The molecule has 168 valence electrons. The first-order valence-electron chi connectivity index (χ1n) is 11.3. The molecule has 1 N–H and O–H groups in total. The van der Waals surface area contributed by atoms with Crippen molar-refractivity contribution in [2.45, 2.75) is 59.0 Å². The number of nitrogens with zero attached hydrogens (tertiary/aromatic N) is 4. The zero-order valence-electron chi connectivity index (χ0n) is 19.5. The average molecular weight is 410 g/mol. The van der Waals surface area contributed by atoms with Crippen molar-refractivity contribution in [3.05, 3.63) is 0 Å². The third-order valence-electron chi connectivity index (χ3n) is 6.02. The molecule has 2 aliphatic heterocycles. The first-order chi connectivity index (χ1) is 13.7. The lowest BCUT2D eigenvalue weighted by atomic mass is 9.96. The Labute approximate surface area is 177 Å². The fourth-order valence-electron chi connectivity index (χ4n) is 4.13. The number of hydrogen-bond acceptors (Lipinski definition) is 4. The number of guanidine groups is 1. The van der Waals surface area contributed by atoms with E-state index >= 15 is 0 Å². The van der Waals surface area contributed by atoms with Crippen LogP contribution in [0.4, 0.5) is 4.79 Å². The summed E-state index contributed by atoms with van der Waals surface area (Å²) in [5, 5.41) is 3.61. The number of carbonyl (C=O) groups is 1. The van der Waals surface area contributed by atoms with Gasteiger partial charge in [0.05, 0.1) is 0 Å². The maximum absolute atomic E-state index is 12.4. The van der Waals surface area contributed by atoms with E-state index in [-0.39, 0.29) is 6.09 Å². The molecule has 0 aromatic carbocycles. The number of piperidine rings is 2. The van der Waals surface area contributed by atoms with Crippen LogP contribution in [0.15, 0.2) is 4.99 Å². The molecule has 0 aliphatic carbocycles. The molecular formula is C22H43N5O2. The summed E-state index contributed by atoms with van der Waals surface area (Å²) in [7, 11) is 4.08. The van der Waals surface area contributed by atoms with Crippen LogP contribution in [0.2, 0.25) is 0 Å². The minimum atomic E-state index is -0.445. The Morgan fingerprint density at radius 2 is 1.69 bits per heavy atom. The van der Waals surface area contributed by atoms with Crippen LogP contribution < -0.4 is 5.32 Å². The summed E-state index contributed by atoms with van der Waals surface area (Å²) in [6.45, 7) is 14.6. The van der Waals surface area contributed by atoms with E-state index in [0.29, 0.717) is 12.5 Å². The highest BCUT2D eigenvalue weighted by molar-refractivity contribution is 5.80. The number of amides is 1. The molecule has 2 fully saturated rings. The van der Waals surface area contributed by atoms with Crippen molar-refractivity contribution >= 4 is 12.1 Å². The molecule has 0 aromatic heterocycles. The second kappa shape index (κ2) is 11.0. The van der Waals surface area contributed by atoms with Crippen molar-refractivity contribution in [1.29, 1.82) is 0 Å². The fraction of sp³-hybridized carbons (Fsp3) is 0.909. The van der Waals surface area contributed by atoms with Gasteiger partial charge in [-0.3, -0.25) is 4.99 Å². The Bertz CT molecular complexity index is 530. The van der Waals surface area contributed by atoms with E-state index in [1.807, 2.05) is 39.6 Å². The molecule has 0 radical (unpaired) electrons. The lowest BCUT2D eigenvalue weighted by molar-refractivity contribution is 0.0214. The van der Waals surface area contributed by atoms with Crippen molar-refractivity contribution in [1.82, 2.24) is 20.0 Å². The number of aliphatic imine (C=N–C) groups is 1. The zero-order chi connectivity index (χ0) is 21.4. The van der Waals surface area contributed by atoms with Crippen molar-refractivity contribution in [2.75, 3.05) is 59.9 Å². The highest BCUT2D eigenvalue weighted by atomic mass is 16.6. The Hall–Kier alpha value is -1.50. The second-order valence-corrected chi connectivity index (χ2v) is 9.62. The zero-order valence-corrected chi connectivity index (χ0v) is 19.5. The quantitative estimate of drug-likeness (QED) is 0.559. The molecule has 2 saturated heterocycles. The second-order valence-electron chi connectivity index (χ2n) is 9.62. The van der Waals surface area contributed by atoms with E-state index in [9.17, 15) is 4.79 Å². The number of nitrogens with one attached hydrogen (secondary N) is 1. The highest BCUT2D eigenvalue weighted by Gasteiger charge is 2.27. The van der Waals surface area contributed by atoms with Gasteiger partial charge in [-0.15, -0.1) is 0 Å². The third kappa shape index (κ3) is 8.03. The smallest absolute Gasteiger partial charge is 0.410 e. The summed E-state index contributed by atoms with van der Waals surface area (Å²) >= 11 is 0. The number of carbonyl (C=O) groups excluding carboxylic acids is 1. The minimum Gasteiger partial charge on any atom is -0.444 e. The molecule has 7 nitrogen and oxygen atoms in total. The largest absolute Gasteiger partial charge is 0.444 e. The maximum atomic E-state index is 12.4. The SMILES string of the molecule is CCN(CC1CCN(C(=NC)NCC2CCN(C)CC2)CC1)C(=O)OC(C)(C)C. The summed E-state index contributed by atoms with van der Waals surface area (Å²) in [6, 6.07) is 0. The van der Waals surface area contributed by atoms with Gasteiger partial charge in [-0.25, -0.2) is 4.79 Å². The standard InChI is InChI=1S/C22H43N5O2/c1-7-26(21(28)29-22(2,3)4)17-19-10-14-27(15-11-19)20(23-5)24-16-18-8-12-25(6)13-9-18/h18-19H,7-17H2,1-6H3,(H,23,24). The normalized spacial score (nSPS) is 20.6. The first kappa shape index (κ1) is 23.8. The Balaban J connectivity index is 1.75. The molecule has 7 heteroatoms. The van der Waals surface area contributed by atoms with Gasteiger partial charge >= 0.3 is 6.09 Å². The third-order valence-corrected chi connectivity index (χ3v) is 6.02. The molecule has 0 aromatic rings. The molecule has 0 spiro atoms. The van der Waals surface area contributed by atoms with Crippen molar-refractivity contribution in [3.8, 4) is 0 Å². The van der Waals surface area contributed by atoms with Crippen LogP contribution in [0.1, 0.15) is 53.4 Å². The van der Waals surface area contributed by atoms with E-state index in [0.717, 1.165) is 50.9 Å². The summed E-state index contributed by atoms with van der Waals surface area (Å²) in [5.41, 5.74) is -0.445. The van der Waals surface area contributed by atoms with Crippen LogP contribution in [-0.4, -0.2) is 92.3 Å². The van der Waals surface area contributed by atoms with Crippen molar-refractivity contribution in [2.24, 2.45) is 16.8 Å². The summed E-state index contributed by atoms with van der Waals surface area (Å²) in [4.78, 5) is 23.5. The van der Waals surface area contributed by atoms with Crippen LogP contribution in [0.25, 0.3) is 0 Å².